The molecule has 3 heterocycles. The van der Waals surface area contributed by atoms with Gasteiger partial charge in [-0.3, -0.25) is 10.1 Å². The normalized spacial score (nSPS) is 14.2. The zero-order valence-corrected chi connectivity index (χ0v) is 28.0. The van der Waals surface area contributed by atoms with Crippen molar-refractivity contribution in [2.24, 2.45) is 0 Å². The molecule has 1 amide bonds. The lowest BCUT2D eigenvalue weighted by atomic mass is 9.89. The number of nitrogens with one attached hydrogen (secondary N) is 1. The first-order valence-electron chi connectivity index (χ1n) is 16.5. The first-order valence-corrected chi connectivity index (χ1v) is 16.5. The SMILES string of the molecule is Cc1cc(-c2ncnn3cc(-c4cccc(CCN5CCC(c6ccc([N+](=O)[O-])cc6)CC5)c4)cc23)ccc1CNC(=O)OC(C)(C)C. The molecule has 10 nitrogen and oxygen atoms in total. The second-order valence-corrected chi connectivity index (χ2v) is 13.6. The van der Waals surface area contributed by atoms with Crippen molar-refractivity contribution in [3.05, 3.63) is 118 Å². The van der Waals surface area contributed by atoms with Crippen molar-refractivity contribution in [1.29, 1.82) is 0 Å². The zero-order chi connectivity index (χ0) is 33.8. The van der Waals surface area contributed by atoms with Crippen molar-refractivity contribution < 1.29 is 14.5 Å². The molecular formula is C38H42N6O4. The number of aryl methyl sites for hydroxylation is 1. The third kappa shape index (κ3) is 7.88. The predicted molar refractivity (Wildman–Crippen MR) is 187 cm³/mol. The summed E-state index contributed by atoms with van der Waals surface area (Å²) in [6, 6.07) is 24.1. The number of nitro benzene ring substituents is 1. The van der Waals surface area contributed by atoms with E-state index in [2.05, 4.69) is 62.9 Å². The number of rotatable bonds is 9. The monoisotopic (exact) mass is 646 g/mol. The number of amides is 1. The fourth-order valence-corrected chi connectivity index (χ4v) is 6.38. The topological polar surface area (TPSA) is 115 Å². The van der Waals surface area contributed by atoms with Crippen LogP contribution in [0.5, 0.6) is 0 Å². The van der Waals surface area contributed by atoms with Crippen molar-refractivity contribution in [2.75, 3.05) is 19.6 Å². The van der Waals surface area contributed by atoms with Gasteiger partial charge in [0.05, 0.1) is 16.1 Å². The number of nitro groups is 1. The highest BCUT2D eigenvalue weighted by Gasteiger charge is 2.21. The van der Waals surface area contributed by atoms with E-state index in [4.69, 9.17) is 4.74 Å². The van der Waals surface area contributed by atoms with Crippen LogP contribution in [-0.2, 0) is 17.7 Å². The Morgan fingerprint density at radius 2 is 1.77 bits per heavy atom. The number of ether oxygens (including phenoxy) is 1. The van der Waals surface area contributed by atoms with E-state index in [0.717, 1.165) is 77.9 Å². The molecule has 0 unspecified atom stereocenters. The Kier molecular flexibility index (Phi) is 9.54. The smallest absolute Gasteiger partial charge is 0.407 e. The fourth-order valence-electron chi connectivity index (χ4n) is 6.38. The number of non-ortho nitro benzene ring substituents is 1. The van der Waals surface area contributed by atoms with Gasteiger partial charge in [0.2, 0.25) is 0 Å². The summed E-state index contributed by atoms with van der Waals surface area (Å²) in [5.74, 6) is 0.449. The van der Waals surface area contributed by atoms with E-state index >= 15 is 0 Å². The molecule has 248 valence electrons. The number of aromatic nitrogens is 3. The number of hydrogen-bond donors (Lipinski definition) is 1. The minimum Gasteiger partial charge on any atom is -0.444 e. The first-order chi connectivity index (χ1) is 23.0. The number of carbonyl (C=O) groups excluding carboxylic acids is 1. The van der Waals surface area contributed by atoms with Gasteiger partial charge in [-0.25, -0.2) is 14.3 Å². The van der Waals surface area contributed by atoms with Gasteiger partial charge in [0.25, 0.3) is 5.69 Å². The van der Waals surface area contributed by atoms with Gasteiger partial charge < -0.3 is 15.0 Å². The van der Waals surface area contributed by atoms with E-state index in [1.807, 2.05) is 56.5 Å². The average Bonchev–Trinajstić information content (AvgIpc) is 3.51. The summed E-state index contributed by atoms with van der Waals surface area (Å²) < 4.78 is 7.25. The molecule has 6 rings (SSSR count). The van der Waals surface area contributed by atoms with E-state index in [0.29, 0.717) is 12.5 Å². The Morgan fingerprint density at radius 1 is 1.00 bits per heavy atom. The molecule has 0 radical (unpaired) electrons. The molecule has 1 aliphatic heterocycles. The molecule has 0 saturated carbocycles. The summed E-state index contributed by atoms with van der Waals surface area (Å²) in [6.45, 7) is 11.0. The summed E-state index contributed by atoms with van der Waals surface area (Å²) in [5.41, 5.74) is 9.12. The zero-order valence-electron chi connectivity index (χ0n) is 28.0. The van der Waals surface area contributed by atoms with Crippen LogP contribution in [-0.4, -0.2) is 55.7 Å². The number of benzene rings is 3. The van der Waals surface area contributed by atoms with E-state index in [1.165, 1.54) is 11.1 Å². The molecule has 1 aliphatic rings. The second-order valence-electron chi connectivity index (χ2n) is 13.6. The van der Waals surface area contributed by atoms with Crippen LogP contribution in [0.1, 0.15) is 61.8 Å². The maximum Gasteiger partial charge on any atom is 0.407 e. The summed E-state index contributed by atoms with van der Waals surface area (Å²) >= 11 is 0. The van der Waals surface area contributed by atoms with Crippen LogP contribution < -0.4 is 5.32 Å². The lowest BCUT2D eigenvalue weighted by Gasteiger charge is -2.32. The van der Waals surface area contributed by atoms with Crippen LogP contribution in [0, 0.1) is 17.0 Å². The number of alkyl carbamates (subject to hydrolysis) is 1. The van der Waals surface area contributed by atoms with Crippen molar-refractivity contribution >= 4 is 17.3 Å². The highest BCUT2D eigenvalue weighted by atomic mass is 16.6. The second kappa shape index (κ2) is 13.9. The van der Waals surface area contributed by atoms with Crippen LogP contribution in [0.15, 0.2) is 85.3 Å². The van der Waals surface area contributed by atoms with Crippen LogP contribution in [0.25, 0.3) is 27.9 Å². The molecule has 0 atom stereocenters. The molecule has 0 spiro atoms. The van der Waals surface area contributed by atoms with Crippen molar-refractivity contribution in [3.63, 3.8) is 0 Å². The third-order valence-electron chi connectivity index (χ3n) is 8.98. The Bertz CT molecular complexity index is 1920. The summed E-state index contributed by atoms with van der Waals surface area (Å²) in [5, 5.41) is 18.3. The Hall–Kier alpha value is -5.09. The van der Waals surface area contributed by atoms with Gasteiger partial charge in [-0.2, -0.15) is 5.10 Å². The highest BCUT2D eigenvalue weighted by Crippen LogP contribution is 2.31. The molecular weight excluding hydrogens is 604 g/mol. The third-order valence-corrected chi connectivity index (χ3v) is 8.98. The van der Waals surface area contributed by atoms with E-state index in [-0.39, 0.29) is 10.6 Å². The molecule has 3 aromatic carbocycles. The highest BCUT2D eigenvalue weighted by molar-refractivity contribution is 5.82. The summed E-state index contributed by atoms with van der Waals surface area (Å²) in [7, 11) is 0. The van der Waals surface area contributed by atoms with Crippen molar-refractivity contribution in [3.8, 4) is 22.4 Å². The standard InChI is InChI=1S/C38H42N6O4/c1-26-20-31(8-9-32(26)23-39-37(45)48-38(2,3)4)36-35-22-33(24-43(35)41-25-40-36)30-7-5-6-27(21-30)14-17-42-18-15-29(16-19-42)28-10-12-34(13-11-28)44(46)47/h5-13,20-22,24-25,29H,14-19,23H2,1-4H3,(H,39,45). The van der Waals surface area contributed by atoms with Gasteiger partial charge in [-0.15, -0.1) is 0 Å². The molecule has 0 aliphatic carbocycles. The van der Waals surface area contributed by atoms with Crippen molar-refractivity contribution in [2.45, 2.75) is 65.0 Å². The number of nitrogens with zero attached hydrogens (tertiary/aromatic N) is 5. The number of hydrogen-bond acceptors (Lipinski definition) is 7. The number of likely N-dealkylation sites (tertiary alicyclic amines) is 1. The minimum absolute atomic E-state index is 0.146. The van der Waals surface area contributed by atoms with Gasteiger partial charge in [-0.1, -0.05) is 48.5 Å². The summed E-state index contributed by atoms with van der Waals surface area (Å²) in [6.07, 6.45) is 6.28. The minimum atomic E-state index is -0.544. The van der Waals surface area contributed by atoms with Crippen LogP contribution in [0.4, 0.5) is 10.5 Å². The molecule has 48 heavy (non-hydrogen) atoms. The van der Waals surface area contributed by atoms with Gasteiger partial charge in [0.15, 0.2) is 0 Å². The van der Waals surface area contributed by atoms with E-state index in [1.54, 1.807) is 18.5 Å². The van der Waals surface area contributed by atoms with Gasteiger partial charge in [-0.05, 0) is 106 Å². The van der Waals surface area contributed by atoms with Crippen LogP contribution in [0.3, 0.4) is 0 Å². The maximum absolute atomic E-state index is 12.1. The van der Waals surface area contributed by atoms with Crippen molar-refractivity contribution in [1.82, 2.24) is 24.8 Å². The molecule has 2 aromatic heterocycles. The molecule has 1 fully saturated rings. The van der Waals surface area contributed by atoms with E-state index < -0.39 is 11.7 Å². The maximum atomic E-state index is 12.1. The van der Waals surface area contributed by atoms with Gasteiger partial charge in [0.1, 0.15) is 11.9 Å². The molecule has 5 aromatic rings. The fraction of sp³-hybridized carbons (Fsp3) is 0.342. The lowest BCUT2D eigenvalue weighted by molar-refractivity contribution is -0.384. The number of carbonyl (C=O) groups is 1. The summed E-state index contributed by atoms with van der Waals surface area (Å²) in [4.78, 5) is 29.9. The number of fused-ring (bicyclic) bond motifs is 1. The van der Waals surface area contributed by atoms with Crippen LogP contribution in [0.2, 0.25) is 0 Å². The molecule has 1 saturated heterocycles. The average molecular weight is 647 g/mol. The predicted octanol–water partition coefficient (Wildman–Crippen LogP) is 7.73. The molecule has 0 bridgehead atoms. The van der Waals surface area contributed by atoms with E-state index in [9.17, 15) is 14.9 Å². The first kappa shape index (κ1) is 32.8. The Morgan fingerprint density at radius 3 is 2.48 bits per heavy atom. The molecule has 1 N–H and O–H groups in total. The Balaban J connectivity index is 1.09. The Labute approximate surface area is 280 Å². The molecule has 10 heteroatoms. The van der Waals surface area contributed by atoms with Crippen LogP contribution >= 0.6 is 0 Å². The lowest BCUT2D eigenvalue weighted by Crippen LogP contribution is -2.34. The largest absolute Gasteiger partial charge is 0.444 e. The number of piperidine rings is 1. The van der Waals surface area contributed by atoms with Gasteiger partial charge in [0, 0.05) is 42.5 Å². The quantitative estimate of drug-likeness (QED) is 0.129. The van der Waals surface area contributed by atoms with Gasteiger partial charge >= 0.3 is 6.09 Å².